The monoisotopic (exact) mass is 372 g/mol. The average molecular weight is 373 g/mol. The SMILES string of the molecule is C[C@@H](NC(=O)C1CCN(Cc2cccc3ccccc23)CC1)c1ccccc1. The van der Waals surface area contributed by atoms with E-state index in [0.717, 1.165) is 38.0 Å². The van der Waals surface area contributed by atoms with Gasteiger partial charge >= 0.3 is 0 Å². The maximum Gasteiger partial charge on any atom is 0.223 e. The molecular formula is C25H28N2O. The van der Waals surface area contributed by atoms with E-state index < -0.39 is 0 Å². The second kappa shape index (κ2) is 8.57. The van der Waals surface area contributed by atoms with Crippen LogP contribution in [0.3, 0.4) is 0 Å². The lowest BCUT2D eigenvalue weighted by Crippen LogP contribution is -2.40. The van der Waals surface area contributed by atoms with E-state index in [1.54, 1.807) is 0 Å². The van der Waals surface area contributed by atoms with Crippen LogP contribution in [0.2, 0.25) is 0 Å². The molecule has 3 aromatic rings. The molecular weight excluding hydrogens is 344 g/mol. The van der Waals surface area contributed by atoms with Gasteiger partial charge in [-0.1, -0.05) is 72.8 Å². The van der Waals surface area contributed by atoms with Crippen molar-refractivity contribution in [2.24, 2.45) is 5.92 Å². The number of nitrogens with one attached hydrogen (secondary N) is 1. The Balaban J connectivity index is 1.32. The van der Waals surface area contributed by atoms with Crippen LogP contribution >= 0.6 is 0 Å². The molecule has 1 atom stereocenters. The summed E-state index contributed by atoms with van der Waals surface area (Å²) in [7, 11) is 0. The summed E-state index contributed by atoms with van der Waals surface area (Å²) in [5, 5.41) is 5.83. The van der Waals surface area contributed by atoms with E-state index in [1.807, 2.05) is 18.2 Å². The molecule has 1 aliphatic rings. The maximum atomic E-state index is 12.7. The standard InChI is InChI=1S/C25H28N2O/c1-19(20-8-3-2-4-9-20)26-25(28)22-14-16-27(17-15-22)18-23-12-7-11-21-10-5-6-13-24(21)23/h2-13,19,22H,14-18H2,1H3,(H,26,28)/t19-/m1/s1. The fourth-order valence-electron chi connectivity index (χ4n) is 4.18. The van der Waals surface area contributed by atoms with Crippen molar-refractivity contribution in [1.82, 2.24) is 10.2 Å². The summed E-state index contributed by atoms with van der Waals surface area (Å²) in [5.74, 6) is 0.316. The molecule has 3 heteroatoms. The lowest BCUT2D eigenvalue weighted by Gasteiger charge is -2.32. The first-order valence-electron chi connectivity index (χ1n) is 10.2. The maximum absolute atomic E-state index is 12.7. The molecule has 144 valence electrons. The van der Waals surface area contributed by atoms with Gasteiger partial charge in [0.05, 0.1) is 6.04 Å². The van der Waals surface area contributed by atoms with Crippen LogP contribution in [0, 0.1) is 5.92 Å². The normalized spacial score (nSPS) is 16.8. The third-order valence-corrected chi connectivity index (χ3v) is 5.89. The van der Waals surface area contributed by atoms with Crippen molar-refractivity contribution in [2.45, 2.75) is 32.4 Å². The van der Waals surface area contributed by atoms with Crippen molar-refractivity contribution in [3.8, 4) is 0 Å². The van der Waals surface area contributed by atoms with E-state index >= 15 is 0 Å². The predicted molar refractivity (Wildman–Crippen MR) is 115 cm³/mol. The van der Waals surface area contributed by atoms with Gasteiger partial charge in [0.2, 0.25) is 5.91 Å². The van der Waals surface area contributed by atoms with Crippen molar-refractivity contribution < 1.29 is 4.79 Å². The Kier molecular flexibility index (Phi) is 5.73. The number of nitrogens with zero attached hydrogens (tertiary/aromatic N) is 1. The largest absolute Gasteiger partial charge is 0.349 e. The molecule has 1 saturated heterocycles. The summed E-state index contributed by atoms with van der Waals surface area (Å²) in [6, 6.07) is 25.3. The van der Waals surface area contributed by atoms with Gasteiger partial charge in [-0.2, -0.15) is 0 Å². The highest BCUT2D eigenvalue weighted by Gasteiger charge is 2.26. The van der Waals surface area contributed by atoms with Crippen LogP contribution < -0.4 is 5.32 Å². The van der Waals surface area contributed by atoms with E-state index in [1.165, 1.54) is 16.3 Å². The number of benzene rings is 3. The number of fused-ring (bicyclic) bond motifs is 1. The minimum Gasteiger partial charge on any atom is -0.349 e. The molecule has 1 heterocycles. The lowest BCUT2D eigenvalue weighted by atomic mass is 9.94. The molecule has 0 aliphatic carbocycles. The quantitative estimate of drug-likeness (QED) is 0.689. The van der Waals surface area contributed by atoms with E-state index in [0.29, 0.717) is 0 Å². The van der Waals surface area contributed by atoms with E-state index in [4.69, 9.17) is 0 Å². The molecule has 1 amide bonds. The molecule has 0 spiro atoms. The number of hydrogen-bond donors (Lipinski definition) is 1. The Morgan fingerprint density at radius 3 is 2.43 bits per heavy atom. The summed E-state index contributed by atoms with van der Waals surface area (Å²) >= 11 is 0. The molecule has 1 aliphatic heterocycles. The Bertz CT molecular complexity index is 924. The predicted octanol–water partition coefficient (Wildman–Crippen LogP) is 4.93. The Morgan fingerprint density at radius 2 is 1.64 bits per heavy atom. The molecule has 0 radical (unpaired) electrons. The van der Waals surface area contributed by atoms with Crippen LogP contribution in [0.4, 0.5) is 0 Å². The van der Waals surface area contributed by atoms with Crippen LogP contribution in [-0.2, 0) is 11.3 Å². The minimum absolute atomic E-state index is 0.0578. The fraction of sp³-hybridized carbons (Fsp3) is 0.320. The lowest BCUT2D eigenvalue weighted by molar-refractivity contribution is -0.127. The molecule has 3 nitrogen and oxygen atoms in total. The highest BCUT2D eigenvalue weighted by molar-refractivity contribution is 5.85. The topological polar surface area (TPSA) is 32.3 Å². The van der Waals surface area contributed by atoms with Crippen LogP contribution in [0.1, 0.15) is 36.9 Å². The van der Waals surface area contributed by atoms with Crippen LogP contribution in [0.15, 0.2) is 72.8 Å². The Labute approximate surface area is 167 Å². The molecule has 4 rings (SSSR count). The van der Waals surface area contributed by atoms with Gasteiger partial charge in [0.15, 0.2) is 0 Å². The molecule has 1 fully saturated rings. The van der Waals surface area contributed by atoms with Gasteiger partial charge in [0.25, 0.3) is 0 Å². The number of piperidine rings is 1. The van der Waals surface area contributed by atoms with Gasteiger partial charge in [0, 0.05) is 12.5 Å². The zero-order valence-electron chi connectivity index (χ0n) is 16.5. The van der Waals surface area contributed by atoms with Gasteiger partial charge in [-0.3, -0.25) is 9.69 Å². The minimum atomic E-state index is 0.0578. The number of likely N-dealkylation sites (tertiary alicyclic amines) is 1. The van der Waals surface area contributed by atoms with Crippen molar-refractivity contribution in [3.05, 3.63) is 83.9 Å². The summed E-state index contributed by atoms with van der Waals surface area (Å²) in [6.07, 6.45) is 1.86. The van der Waals surface area contributed by atoms with E-state index in [9.17, 15) is 4.79 Å². The molecule has 0 bridgehead atoms. The molecule has 1 N–H and O–H groups in total. The number of amides is 1. The third-order valence-electron chi connectivity index (χ3n) is 5.89. The smallest absolute Gasteiger partial charge is 0.223 e. The molecule has 3 aromatic carbocycles. The number of hydrogen-bond acceptors (Lipinski definition) is 2. The number of rotatable bonds is 5. The second-order valence-electron chi connectivity index (χ2n) is 7.83. The van der Waals surface area contributed by atoms with Crippen molar-refractivity contribution in [1.29, 1.82) is 0 Å². The summed E-state index contributed by atoms with van der Waals surface area (Å²) < 4.78 is 0. The van der Waals surface area contributed by atoms with Gasteiger partial charge < -0.3 is 5.32 Å². The molecule has 0 saturated carbocycles. The molecule has 0 aromatic heterocycles. The van der Waals surface area contributed by atoms with Gasteiger partial charge in [0.1, 0.15) is 0 Å². The first-order valence-corrected chi connectivity index (χ1v) is 10.2. The van der Waals surface area contributed by atoms with Crippen LogP contribution in [0.5, 0.6) is 0 Å². The first kappa shape index (κ1) is 18.7. The fourth-order valence-corrected chi connectivity index (χ4v) is 4.18. The average Bonchev–Trinajstić information content (AvgIpc) is 2.75. The first-order chi connectivity index (χ1) is 13.7. The zero-order chi connectivity index (χ0) is 19.3. The molecule has 0 unspecified atom stereocenters. The van der Waals surface area contributed by atoms with E-state index in [-0.39, 0.29) is 17.9 Å². The Morgan fingerprint density at radius 1 is 0.964 bits per heavy atom. The van der Waals surface area contributed by atoms with Gasteiger partial charge in [-0.25, -0.2) is 0 Å². The summed E-state index contributed by atoms with van der Waals surface area (Å²) in [6.45, 7) is 4.96. The van der Waals surface area contributed by atoms with Crippen molar-refractivity contribution >= 4 is 16.7 Å². The van der Waals surface area contributed by atoms with Crippen molar-refractivity contribution in [3.63, 3.8) is 0 Å². The zero-order valence-corrected chi connectivity index (χ0v) is 16.5. The highest BCUT2D eigenvalue weighted by Crippen LogP contribution is 2.24. The second-order valence-corrected chi connectivity index (χ2v) is 7.83. The highest BCUT2D eigenvalue weighted by atomic mass is 16.1. The van der Waals surface area contributed by atoms with Crippen LogP contribution in [0.25, 0.3) is 10.8 Å². The molecule has 28 heavy (non-hydrogen) atoms. The van der Waals surface area contributed by atoms with Crippen LogP contribution in [-0.4, -0.2) is 23.9 Å². The number of carbonyl (C=O) groups is 1. The van der Waals surface area contributed by atoms with Gasteiger partial charge in [-0.15, -0.1) is 0 Å². The van der Waals surface area contributed by atoms with Crippen molar-refractivity contribution in [2.75, 3.05) is 13.1 Å². The number of carbonyl (C=O) groups excluding carboxylic acids is 1. The Hall–Kier alpha value is -2.65. The summed E-state index contributed by atoms with van der Waals surface area (Å²) in [5.41, 5.74) is 2.53. The van der Waals surface area contributed by atoms with Gasteiger partial charge in [-0.05, 0) is 54.8 Å². The van der Waals surface area contributed by atoms with E-state index in [2.05, 4.69) is 71.7 Å². The third kappa shape index (κ3) is 4.26. The summed E-state index contributed by atoms with van der Waals surface area (Å²) in [4.78, 5) is 15.2.